The van der Waals surface area contributed by atoms with Crippen LogP contribution >= 0.6 is 11.3 Å². The van der Waals surface area contributed by atoms with E-state index in [4.69, 9.17) is 9.29 Å². The smallest absolute Gasteiger partial charge is 0.423 e. The number of carbonyl (C=O) groups is 3. The van der Waals surface area contributed by atoms with Crippen molar-refractivity contribution in [2.75, 3.05) is 18.0 Å². The van der Waals surface area contributed by atoms with E-state index in [-0.39, 0.29) is 23.8 Å². The van der Waals surface area contributed by atoms with Gasteiger partial charge in [-0.2, -0.15) is 18.4 Å². The molecule has 4 heterocycles. The van der Waals surface area contributed by atoms with Gasteiger partial charge >= 0.3 is 22.5 Å². The Hall–Kier alpha value is -3.34. The van der Waals surface area contributed by atoms with E-state index in [0.717, 1.165) is 16.2 Å². The molecule has 1 N–H and O–H groups in total. The molecule has 4 amide bonds. The zero-order valence-electron chi connectivity index (χ0n) is 18.2. The molecule has 0 aliphatic carbocycles. The van der Waals surface area contributed by atoms with Crippen molar-refractivity contribution in [1.29, 1.82) is 0 Å². The van der Waals surface area contributed by atoms with Gasteiger partial charge in [0, 0.05) is 18.8 Å². The van der Waals surface area contributed by atoms with Crippen molar-refractivity contribution in [3.8, 4) is 0 Å². The maximum absolute atomic E-state index is 13.0. The van der Waals surface area contributed by atoms with Crippen molar-refractivity contribution in [3.05, 3.63) is 34.9 Å². The minimum Gasteiger partial charge on any atom is -0.443 e. The van der Waals surface area contributed by atoms with Crippen LogP contribution in [0.5, 0.6) is 0 Å². The van der Waals surface area contributed by atoms with E-state index in [2.05, 4.69) is 14.4 Å². The second-order valence-electron chi connectivity index (χ2n) is 8.32. The fraction of sp³-hybridized carbons (Fsp3) is 0.389. The van der Waals surface area contributed by atoms with Gasteiger partial charge in [0.25, 0.3) is 5.91 Å². The topological polar surface area (TPSA) is 164 Å². The number of urea groups is 1. The number of amides is 4. The molecule has 1 saturated heterocycles. The highest BCUT2D eigenvalue weighted by atomic mass is 32.3. The van der Waals surface area contributed by atoms with Crippen LogP contribution in [-0.2, 0) is 19.4 Å². The number of hydrogen-bond acceptors (Lipinski definition) is 10. The van der Waals surface area contributed by atoms with Crippen LogP contribution in [0.25, 0.3) is 5.70 Å². The summed E-state index contributed by atoms with van der Waals surface area (Å²) < 4.78 is 42.2. The fourth-order valence-corrected chi connectivity index (χ4v) is 4.26. The zero-order valence-corrected chi connectivity index (χ0v) is 19.8. The lowest BCUT2D eigenvalue weighted by atomic mass is 10.2. The predicted octanol–water partition coefficient (Wildman–Crippen LogP) is 1.62. The van der Waals surface area contributed by atoms with Crippen molar-refractivity contribution in [1.82, 2.24) is 24.7 Å². The van der Waals surface area contributed by atoms with E-state index >= 15 is 0 Å². The van der Waals surface area contributed by atoms with Gasteiger partial charge in [0.2, 0.25) is 0 Å². The molecular weight excluding hydrogens is 492 g/mol. The van der Waals surface area contributed by atoms with E-state index in [0.29, 0.717) is 10.8 Å². The summed E-state index contributed by atoms with van der Waals surface area (Å²) in [5.74, 6) is -0.704. The highest BCUT2D eigenvalue weighted by Crippen LogP contribution is 2.28. The number of nitrogens with zero attached hydrogens (tertiary/aromatic N) is 6. The Balaban J connectivity index is 1.64. The third-order valence-electron chi connectivity index (χ3n) is 4.60. The Morgan fingerprint density at radius 1 is 1.32 bits per heavy atom. The lowest BCUT2D eigenvalue weighted by molar-refractivity contribution is -0.0183. The Morgan fingerprint density at radius 3 is 2.68 bits per heavy atom. The zero-order chi connectivity index (χ0) is 24.8. The number of ether oxygens (including phenoxy) is 1. The first-order valence-corrected chi connectivity index (χ1v) is 12.0. The molecule has 2 bridgehead atoms. The van der Waals surface area contributed by atoms with Gasteiger partial charge in [-0.3, -0.25) is 14.3 Å². The summed E-state index contributed by atoms with van der Waals surface area (Å²) in [6.07, 6.45) is 3.40. The quantitative estimate of drug-likeness (QED) is 0.582. The number of anilines is 1. The highest BCUT2D eigenvalue weighted by molar-refractivity contribution is 7.80. The average Bonchev–Trinajstić information content (AvgIpc) is 3.44. The highest BCUT2D eigenvalue weighted by Gasteiger charge is 2.43. The van der Waals surface area contributed by atoms with Gasteiger partial charge in [0.1, 0.15) is 16.5 Å². The molecule has 1 fully saturated rings. The minimum absolute atomic E-state index is 0.0289. The van der Waals surface area contributed by atoms with Crippen LogP contribution in [-0.4, -0.2) is 80.5 Å². The van der Waals surface area contributed by atoms with Gasteiger partial charge in [0.15, 0.2) is 5.82 Å². The van der Waals surface area contributed by atoms with E-state index < -0.39 is 40.1 Å². The summed E-state index contributed by atoms with van der Waals surface area (Å²) in [7, 11) is -4.90. The van der Waals surface area contributed by atoms with Gasteiger partial charge < -0.3 is 9.64 Å². The summed E-state index contributed by atoms with van der Waals surface area (Å²) >= 11 is 1.05. The van der Waals surface area contributed by atoms with E-state index in [1.54, 1.807) is 20.8 Å². The van der Waals surface area contributed by atoms with Crippen LogP contribution in [0.4, 0.5) is 15.4 Å². The maximum atomic E-state index is 13.0. The number of aromatic nitrogens is 3. The molecule has 1 unspecified atom stereocenters. The number of imide groups is 1. The summed E-state index contributed by atoms with van der Waals surface area (Å²) in [6, 6.07) is -0.146. The van der Waals surface area contributed by atoms with Crippen molar-refractivity contribution in [2.24, 2.45) is 0 Å². The summed E-state index contributed by atoms with van der Waals surface area (Å²) in [4.78, 5) is 44.4. The van der Waals surface area contributed by atoms with Crippen LogP contribution in [0.2, 0.25) is 0 Å². The number of carbonyl (C=O) groups excluding carboxylic acids is 3. The van der Waals surface area contributed by atoms with E-state index in [9.17, 15) is 22.8 Å². The van der Waals surface area contributed by atoms with Gasteiger partial charge in [-0.15, -0.1) is 20.7 Å². The molecule has 2 aromatic rings. The van der Waals surface area contributed by atoms with E-state index in [1.807, 2.05) is 0 Å². The monoisotopic (exact) mass is 512 g/mol. The molecule has 14 nitrogen and oxygen atoms in total. The number of fused-ring (bicyclic) bond motifs is 2. The fourth-order valence-electron chi connectivity index (χ4n) is 3.33. The molecule has 16 heteroatoms. The lowest BCUT2D eigenvalue weighted by Crippen LogP contribution is -2.41. The summed E-state index contributed by atoms with van der Waals surface area (Å²) in [5, 5.41) is 4.86. The average molecular weight is 513 g/mol. The Kier molecular flexibility index (Phi) is 5.92. The molecular formula is C18H20N6O8S2. The Morgan fingerprint density at radius 2 is 2.06 bits per heavy atom. The molecule has 0 radical (unpaired) electrons. The number of hydroxylamine groups is 2. The van der Waals surface area contributed by atoms with Crippen molar-refractivity contribution < 1.29 is 36.4 Å². The predicted molar refractivity (Wildman–Crippen MR) is 117 cm³/mol. The SMILES string of the molecule is CC(C)(C)OC(=O)N(C(=O)c1cncs1)c1ccn(C2=CC3CN(C2)C(=O)N3OS(=O)(=O)O)n1. The molecule has 0 saturated carbocycles. The summed E-state index contributed by atoms with van der Waals surface area (Å²) in [6.45, 7) is 5.16. The molecule has 2 aliphatic rings. The largest absolute Gasteiger partial charge is 0.443 e. The number of thiazole rings is 1. The van der Waals surface area contributed by atoms with Crippen LogP contribution in [0.15, 0.2) is 30.0 Å². The molecule has 4 rings (SSSR count). The third-order valence-corrected chi connectivity index (χ3v) is 5.71. The van der Waals surface area contributed by atoms with Crippen molar-refractivity contribution >= 4 is 51.3 Å². The van der Waals surface area contributed by atoms with Gasteiger partial charge in [0.05, 0.1) is 23.9 Å². The molecule has 34 heavy (non-hydrogen) atoms. The second-order valence-corrected chi connectivity index (χ2v) is 10.2. The molecule has 0 aromatic carbocycles. The normalized spacial score (nSPS) is 18.2. The number of rotatable bonds is 5. The third kappa shape index (κ3) is 4.93. The first kappa shape index (κ1) is 23.8. The Bertz CT molecular complexity index is 1260. The second kappa shape index (κ2) is 8.46. The van der Waals surface area contributed by atoms with Crippen LogP contribution in [0, 0.1) is 0 Å². The van der Waals surface area contributed by atoms with Crippen molar-refractivity contribution in [2.45, 2.75) is 32.4 Å². The molecule has 2 aliphatic heterocycles. The van der Waals surface area contributed by atoms with Crippen LogP contribution in [0.1, 0.15) is 30.4 Å². The maximum Gasteiger partial charge on any atom is 0.423 e. The van der Waals surface area contributed by atoms with Crippen LogP contribution in [0.3, 0.4) is 0 Å². The molecule has 182 valence electrons. The van der Waals surface area contributed by atoms with Crippen molar-refractivity contribution in [3.63, 3.8) is 0 Å². The standard InChI is InChI=1S/C18H20N6O8S2/c1-18(2,3)31-17(27)23(15(25)13-7-19-10-33-13)14-4-5-22(20-14)11-6-12-9-21(8-11)16(26)24(12)32-34(28,29)30/h4-7,10,12H,8-9H2,1-3H3,(H,28,29,30). The van der Waals surface area contributed by atoms with Crippen LogP contribution < -0.4 is 4.90 Å². The Labute approximate surface area is 197 Å². The van der Waals surface area contributed by atoms with Gasteiger partial charge in [-0.1, -0.05) is 0 Å². The molecule has 2 aromatic heterocycles. The minimum atomic E-state index is -4.90. The molecule has 1 atom stereocenters. The first-order valence-electron chi connectivity index (χ1n) is 9.80. The van der Waals surface area contributed by atoms with Gasteiger partial charge in [-0.05, 0) is 26.8 Å². The van der Waals surface area contributed by atoms with E-state index in [1.165, 1.54) is 39.6 Å². The van der Waals surface area contributed by atoms with Gasteiger partial charge in [-0.25, -0.2) is 14.3 Å². The lowest BCUT2D eigenvalue weighted by Gasteiger charge is -2.24. The summed E-state index contributed by atoms with van der Waals surface area (Å²) in [5.41, 5.74) is 1.03. The number of hydrogen-bond donors (Lipinski definition) is 1. The first-order chi connectivity index (χ1) is 15.8. The molecule has 0 spiro atoms.